The zero-order chi connectivity index (χ0) is 17.0. The normalized spacial score (nSPS) is 15.8. The molecule has 1 aliphatic heterocycles. The maximum atomic E-state index is 12.0. The van der Waals surface area contributed by atoms with Gasteiger partial charge in [-0.15, -0.1) is 0 Å². The summed E-state index contributed by atoms with van der Waals surface area (Å²) in [6, 6.07) is 9.44. The predicted molar refractivity (Wildman–Crippen MR) is 99.3 cm³/mol. The van der Waals surface area contributed by atoms with Crippen LogP contribution in [0.5, 0.6) is 0 Å². The molecule has 1 aromatic rings. The number of benzene rings is 1. The van der Waals surface area contributed by atoms with Crippen molar-refractivity contribution in [3.05, 3.63) is 30.3 Å². The average molecular weight is 331 g/mol. The SMILES string of the molecule is CCNC(=NCC(=O)Nc1ccccc1)NCCN1CCCCC1. The third kappa shape index (κ3) is 7.00. The van der Waals surface area contributed by atoms with Crippen molar-refractivity contribution in [3.8, 4) is 0 Å². The molecule has 132 valence electrons. The van der Waals surface area contributed by atoms with E-state index >= 15 is 0 Å². The Kier molecular flexibility index (Phi) is 8.10. The van der Waals surface area contributed by atoms with Crippen LogP contribution < -0.4 is 16.0 Å². The lowest BCUT2D eigenvalue weighted by Crippen LogP contribution is -2.43. The Hall–Kier alpha value is -2.08. The van der Waals surface area contributed by atoms with E-state index < -0.39 is 0 Å². The molecule has 0 saturated carbocycles. The highest BCUT2D eigenvalue weighted by Gasteiger charge is 2.09. The summed E-state index contributed by atoms with van der Waals surface area (Å²) in [5.41, 5.74) is 0.792. The number of hydrogen-bond donors (Lipinski definition) is 3. The summed E-state index contributed by atoms with van der Waals surface area (Å²) in [6.45, 7) is 7.13. The van der Waals surface area contributed by atoms with Crippen molar-refractivity contribution in [2.45, 2.75) is 26.2 Å². The van der Waals surface area contributed by atoms with Crippen LogP contribution in [0.3, 0.4) is 0 Å². The van der Waals surface area contributed by atoms with E-state index in [1.165, 1.54) is 32.4 Å². The summed E-state index contributed by atoms with van der Waals surface area (Å²) in [6.07, 6.45) is 3.95. The first-order valence-corrected chi connectivity index (χ1v) is 8.87. The molecular weight excluding hydrogens is 302 g/mol. The molecule has 1 fully saturated rings. The molecular formula is C18H29N5O. The number of rotatable bonds is 7. The Labute approximate surface area is 144 Å². The molecule has 1 aliphatic rings. The van der Waals surface area contributed by atoms with Crippen molar-refractivity contribution in [2.75, 3.05) is 44.6 Å². The molecule has 0 spiro atoms. The monoisotopic (exact) mass is 331 g/mol. The highest BCUT2D eigenvalue weighted by molar-refractivity contribution is 5.94. The number of likely N-dealkylation sites (tertiary alicyclic amines) is 1. The average Bonchev–Trinajstić information content (AvgIpc) is 2.61. The third-order valence-corrected chi connectivity index (χ3v) is 3.95. The van der Waals surface area contributed by atoms with Gasteiger partial charge in [0.2, 0.25) is 5.91 Å². The van der Waals surface area contributed by atoms with Crippen LogP contribution in [0.2, 0.25) is 0 Å². The molecule has 6 nitrogen and oxygen atoms in total. The summed E-state index contributed by atoms with van der Waals surface area (Å²) in [5.74, 6) is 0.576. The topological polar surface area (TPSA) is 68.8 Å². The summed E-state index contributed by atoms with van der Waals surface area (Å²) < 4.78 is 0. The Balaban J connectivity index is 1.73. The van der Waals surface area contributed by atoms with Gasteiger partial charge >= 0.3 is 0 Å². The predicted octanol–water partition coefficient (Wildman–Crippen LogP) is 1.67. The molecule has 1 aromatic carbocycles. The van der Waals surface area contributed by atoms with Crippen molar-refractivity contribution >= 4 is 17.6 Å². The van der Waals surface area contributed by atoms with Crippen LogP contribution in [-0.2, 0) is 4.79 Å². The molecule has 24 heavy (non-hydrogen) atoms. The van der Waals surface area contributed by atoms with Crippen molar-refractivity contribution in [1.82, 2.24) is 15.5 Å². The van der Waals surface area contributed by atoms with Gasteiger partial charge in [-0.1, -0.05) is 24.6 Å². The van der Waals surface area contributed by atoms with Gasteiger partial charge < -0.3 is 20.9 Å². The van der Waals surface area contributed by atoms with Gasteiger partial charge in [-0.3, -0.25) is 4.79 Å². The minimum absolute atomic E-state index is 0.105. The molecule has 0 aromatic heterocycles. The van der Waals surface area contributed by atoms with E-state index in [4.69, 9.17) is 0 Å². The molecule has 2 rings (SSSR count). The van der Waals surface area contributed by atoms with Crippen LogP contribution in [0.1, 0.15) is 26.2 Å². The maximum absolute atomic E-state index is 12.0. The van der Waals surface area contributed by atoms with E-state index in [-0.39, 0.29) is 12.5 Å². The summed E-state index contributed by atoms with van der Waals surface area (Å²) in [4.78, 5) is 18.8. The minimum atomic E-state index is -0.116. The van der Waals surface area contributed by atoms with Gasteiger partial charge in [0.05, 0.1) is 0 Å². The Bertz CT molecular complexity index is 511. The van der Waals surface area contributed by atoms with Gasteiger partial charge in [-0.05, 0) is 45.0 Å². The van der Waals surface area contributed by atoms with Crippen LogP contribution in [0.4, 0.5) is 5.69 Å². The molecule has 6 heteroatoms. The lowest BCUT2D eigenvalue weighted by Gasteiger charge is -2.26. The van der Waals surface area contributed by atoms with Gasteiger partial charge in [0.25, 0.3) is 0 Å². The van der Waals surface area contributed by atoms with Gasteiger partial charge in [-0.2, -0.15) is 0 Å². The quantitative estimate of drug-likeness (QED) is 0.525. The zero-order valence-electron chi connectivity index (χ0n) is 14.6. The Morgan fingerprint density at radius 2 is 1.88 bits per heavy atom. The smallest absolute Gasteiger partial charge is 0.246 e. The fraction of sp³-hybridized carbons (Fsp3) is 0.556. The number of guanidine groups is 1. The van der Waals surface area contributed by atoms with E-state index in [1.807, 2.05) is 37.3 Å². The molecule has 0 bridgehead atoms. The fourth-order valence-corrected chi connectivity index (χ4v) is 2.73. The third-order valence-electron chi connectivity index (χ3n) is 3.95. The van der Waals surface area contributed by atoms with Crippen LogP contribution in [-0.4, -0.2) is 56.0 Å². The molecule has 3 N–H and O–H groups in total. The number of carbonyl (C=O) groups excluding carboxylic acids is 1. The first kappa shape index (κ1) is 18.3. The minimum Gasteiger partial charge on any atom is -0.357 e. The first-order chi connectivity index (χ1) is 11.8. The second-order valence-corrected chi connectivity index (χ2v) is 5.94. The Morgan fingerprint density at radius 1 is 1.12 bits per heavy atom. The summed E-state index contributed by atoms with van der Waals surface area (Å²) in [5, 5.41) is 9.32. The van der Waals surface area contributed by atoms with Crippen LogP contribution in [0.15, 0.2) is 35.3 Å². The van der Waals surface area contributed by atoms with Crippen LogP contribution >= 0.6 is 0 Å². The lowest BCUT2D eigenvalue weighted by atomic mass is 10.1. The number of anilines is 1. The maximum Gasteiger partial charge on any atom is 0.246 e. The van der Waals surface area contributed by atoms with E-state index in [0.717, 1.165) is 25.3 Å². The largest absolute Gasteiger partial charge is 0.357 e. The fourth-order valence-electron chi connectivity index (χ4n) is 2.73. The van der Waals surface area contributed by atoms with E-state index in [0.29, 0.717) is 5.96 Å². The van der Waals surface area contributed by atoms with Crippen molar-refractivity contribution < 1.29 is 4.79 Å². The molecule has 0 unspecified atom stereocenters. The number of nitrogens with zero attached hydrogens (tertiary/aromatic N) is 2. The standard InChI is InChI=1S/C18H29N5O/c1-2-19-18(20-11-14-23-12-7-4-8-13-23)21-15-17(24)22-16-9-5-3-6-10-16/h3,5-6,9-10H,2,4,7-8,11-15H2,1H3,(H,22,24)(H2,19,20,21). The molecule has 1 saturated heterocycles. The summed E-state index contributed by atoms with van der Waals surface area (Å²) >= 11 is 0. The number of carbonyl (C=O) groups is 1. The highest BCUT2D eigenvalue weighted by atomic mass is 16.1. The van der Waals surface area contributed by atoms with Gasteiger partial charge in [-0.25, -0.2) is 4.99 Å². The molecule has 1 amide bonds. The number of para-hydroxylation sites is 1. The second-order valence-electron chi connectivity index (χ2n) is 5.94. The number of nitrogens with one attached hydrogen (secondary N) is 3. The molecule has 0 aliphatic carbocycles. The van der Waals surface area contributed by atoms with E-state index in [1.54, 1.807) is 0 Å². The zero-order valence-corrected chi connectivity index (χ0v) is 14.6. The highest BCUT2D eigenvalue weighted by Crippen LogP contribution is 2.07. The van der Waals surface area contributed by atoms with Crippen molar-refractivity contribution in [3.63, 3.8) is 0 Å². The first-order valence-electron chi connectivity index (χ1n) is 8.87. The Morgan fingerprint density at radius 3 is 2.58 bits per heavy atom. The number of aliphatic imine (C=N–C) groups is 1. The van der Waals surface area contributed by atoms with Crippen LogP contribution in [0, 0.1) is 0 Å². The van der Waals surface area contributed by atoms with Gasteiger partial charge in [0.15, 0.2) is 5.96 Å². The van der Waals surface area contributed by atoms with E-state index in [2.05, 4.69) is 25.8 Å². The number of hydrogen-bond acceptors (Lipinski definition) is 3. The summed E-state index contributed by atoms with van der Waals surface area (Å²) in [7, 11) is 0. The number of piperidine rings is 1. The lowest BCUT2D eigenvalue weighted by molar-refractivity contribution is -0.114. The van der Waals surface area contributed by atoms with Crippen molar-refractivity contribution in [2.24, 2.45) is 4.99 Å². The van der Waals surface area contributed by atoms with E-state index in [9.17, 15) is 4.79 Å². The second kappa shape index (κ2) is 10.6. The van der Waals surface area contributed by atoms with Gasteiger partial charge in [0, 0.05) is 25.3 Å². The molecule has 0 radical (unpaired) electrons. The molecule has 1 heterocycles. The molecule has 0 atom stereocenters. The van der Waals surface area contributed by atoms with Crippen molar-refractivity contribution in [1.29, 1.82) is 0 Å². The van der Waals surface area contributed by atoms with Crippen LogP contribution in [0.25, 0.3) is 0 Å². The van der Waals surface area contributed by atoms with Gasteiger partial charge in [0.1, 0.15) is 6.54 Å². The number of amides is 1.